The van der Waals surface area contributed by atoms with Crippen LogP contribution in [0.4, 0.5) is 0 Å². The lowest BCUT2D eigenvalue weighted by Crippen LogP contribution is -2.47. The second kappa shape index (κ2) is 13.2. The first-order valence-corrected chi connectivity index (χ1v) is 15.1. The van der Waals surface area contributed by atoms with Crippen molar-refractivity contribution in [1.82, 2.24) is 25.1 Å². The summed E-state index contributed by atoms with van der Waals surface area (Å²) >= 11 is 0. The van der Waals surface area contributed by atoms with E-state index in [1.54, 1.807) is 7.11 Å². The van der Waals surface area contributed by atoms with Crippen LogP contribution in [0, 0.1) is 0 Å². The van der Waals surface area contributed by atoms with Gasteiger partial charge in [0, 0.05) is 50.1 Å². The molecule has 1 amide bonds. The summed E-state index contributed by atoms with van der Waals surface area (Å²) in [7, 11) is 3.58. The number of amides is 1. The van der Waals surface area contributed by atoms with Crippen molar-refractivity contribution in [3.05, 3.63) is 77.4 Å². The predicted molar refractivity (Wildman–Crippen MR) is 159 cm³/mol. The third-order valence-corrected chi connectivity index (χ3v) is 8.47. The Labute approximate surface area is 248 Å². The fourth-order valence-electron chi connectivity index (χ4n) is 6.36. The number of likely N-dealkylation sites (N-methyl/N-ethyl adjacent to an activating group) is 1. The van der Waals surface area contributed by atoms with E-state index in [1.165, 1.54) is 32.1 Å². The van der Waals surface area contributed by atoms with E-state index in [0.29, 0.717) is 43.7 Å². The third-order valence-electron chi connectivity index (χ3n) is 8.47. The van der Waals surface area contributed by atoms with E-state index < -0.39 is 0 Å². The Hall–Kier alpha value is -3.53. The van der Waals surface area contributed by atoms with Gasteiger partial charge in [0.25, 0.3) is 0 Å². The number of carbonyl (C=O) groups excluding carboxylic acids is 1. The van der Waals surface area contributed by atoms with Crippen LogP contribution in [0.15, 0.2) is 54.9 Å². The van der Waals surface area contributed by atoms with Crippen molar-refractivity contribution in [1.29, 1.82) is 0 Å². The number of methoxy groups -OCH3 is 1. The second-order valence-corrected chi connectivity index (χ2v) is 11.9. The van der Waals surface area contributed by atoms with Gasteiger partial charge in [0.2, 0.25) is 5.91 Å². The van der Waals surface area contributed by atoms with Gasteiger partial charge in [-0.05, 0) is 55.3 Å². The highest BCUT2D eigenvalue weighted by molar-refractivity contribution is 5.78. The van der Waals surface area contributed by atoms with Crippen molar-refractivity contribution >= 4 is 5.91 Å². The summed E-state index contributed by atoms with van der Waals surface area (Å²) < 4.78 is 18.3. The third kappa shape index (κ3) is 7.09. The molecule has 42 heavy (non-hydrogen) atoms. The van der Waals surface area contributed by atoms with Crippen LogP contribution < -0.4 is 14.8 Å². The molecular formula is C33H41N5O4. The van der Waals surface area contributed by atoms with Crippen molar-refractivity contribution in [2.45, 2.75) is 69.9 Å². The van der Waals surface area contributed by atoms with E-state index in [9.17, 15) is 4.79 Å². The quantitative estimate of drug-likeness (QED) is 0.484. The summed E-state index contributed by atoms with van der Waals surface area (Å²) in [6, 6.07) is 13.7. The van der Waals surface area contributed by atoms with Crippen molar-refractivity contribution < 1.29 is 19.0 Å². The predicted octanol–water partition coefficient (Wildman–Crippen LogP) is 4.66. The van der Waals surface area contributed by atoms with Gasteiger partial charge < -0.3 is 19.5 Å². The Bertz CT molecular complexity index is 1360. The number of carbonyl (C=O) groups is 1. The van der Waals surface area contributed by atoms with Gasteiger partial charge in [0.15, 0.2) is 11.5 Å². The van der Waals surface area contributed by atoms with E-state index in [2.05, 4.69) is 10.2 Å². The molecule has 222 valence electrons. The lowest BCUT2D eigenvalue weighted by molar-refractivity contribution is -0.123. The molecule has 3 heterocycles. The summed E-state index contributed by atoms with van der Waals surface area (Å²) in [4.78, 5) is 27.0. The molecule has 1 aliphatic carbocycles. The average Bonchev–Trinajstić information content (AvgIpc) is 3.37. The van der Waals surface area contributed by atoms with E-state index in [-0.39, 0.29) is 24.6 Å². The molecule has 2 fully saturated rings. The van der Waals surface area contributed by atoms with E-state index >= 15 is 0 Å². The molecule has 2 aromatic carbocycles. The number of benzene rings is 2. The maximum absolute atomic E-state index is 13.2. The van der Waals surface area contributed by atoms with Crippen molar-refractivity contribution in [2.75, 3.05) is 33.8 Å². The van der Waals surface area contributed by atoms with E-state index in [0.717, 1.165) is 34.8 Å². The smallest absolute Gasteiger partial charge is 0.234 e. The minimum absolute atomic E-state index is 0.0165. The number of aromatic nitrogens is 2. The Kier molecular flexibility index (Phi) is 8.98. The minimum atomic E-state index is -0.146. The van der Waals surface area contributed by atoms with Crippen LogP contribution in [-0.4, -0.2) is 71.6 Å². The number of rotatable bonds is 4. The number of fused-ring (bicyclic) bond motifs is 5. The lowest BCUT2D eigenvalue weighted by atomic mass is 9.89. The molecule has 6 rings (SSSR count). The van der Waals surface area contributed by atoms with Crippen LogP contribution in [-0.2, 0) is 29.2 Å². The van der Waals surface area contributed by atoms with Crippen LogP contribution >= 0.6 is 0 Å². The van der Waals surface area contributed by atoms with Crippen LogP contribution in [0.1, 0.15) is 60.5 Å². The maximum atomic E-state index is 13.2. The number of hydrogen-bond donors (Lipinski definition) is 1. The fourth-order valence-corrected chi connectivity index (χ4v) is 6.36. The van der Waals surface area contributed by atoms with Gasteiger partial charge in [-0.25, -0.2) is 9.97 Å². The summed E-state index contributed by atoms with van der Waals surface area (Å²) in [5.41, 5.74) is 3.12. The number of nitrogens with zero attached hydrogens (tertiary/aromatic N) is 4. The summed E-state index contributed by atoms with van der Waals surface area (Å²) in [6.07, 6.45) is 10.1. The molecule has 4 bridgehead atoms. The molecule has 0 spiro atoms. The van der Waals surface area contributed by atoms with Gasteiger partial charge in [-0.1, -0.05) is 37.5 Å². The Morgan fingerprint density at radius 2 is 1.83 bits per heavy atom. The molecule has 2 atom stereocenters. The number of likely N-dealkylation sites (tertiary alicyclic amines) is 1. The molecule has 1 saturated heterocycles. The SMILES string of the molecule is COc1ccc2cc1Oc1cccc(c1)CO[C@H]1CN(Cc3cnc(C4CCCCC4)nc3)C[C@@H]1NC(=O)CN(C)C2. The van der Waals surface area contributed by atoms with Crippen LogP contribution in [0.2, 0.25) is 0 Å². The lowest BCUT2D eigenvalue weighted by Gasteiger charge is -2.23. The summed E-state index contributed by atoms with van der Waals surface area (Å²) in [5, 5.41) is 3.27. The molecule has 1 N–H and O–H groups in total. The molecule has 9 nitrogen and oxygen atoms in total. The first-order valence-electron chi connectivity index (χ1n) is 15.1. The van der Waals surface area contributed by atoms with E-state index in [4.69, 9.17) is 24.2 Å². The van der Waals surface area contributed by atoms with Gasteiger partial charge in [-0.3, -0.25) is 14.6 Å². The maximum Gasteiger partial charge on any atom is 0.234 e. The summed E-state index contributed by atoms with van der Waals surface area (Å²) in [6.45, 7) is 3.43. The fraction of sp³-hybridized carbons (Fsp3) is 0.485. The van der Waals surface area contributed by atoms with Crippen LogP contribution in [0.25, 0.3) is 0 Å². The molecule has 3 aromatic rings. The highest BCUT2D eigenvalue weighted by atomic mass is 16.5. The minimum Gasteiger partial charge on any atom is -0.493 e. The standard InChI is InChI=1S/C33H41N5O4/c1-37-17-23-11-12-29(40-2)30(14-23)42-27-10-6-7-24(13-27)22-41-31-20-38(19-28(31)36-32(39)21-37)18-25-15-34-33(35-16-25)26-8-4-3-5-9-26/h6-7,10-16,26,28,31H,3-5,8-9,17-22H2,1-2H3,(H,36,39)/t28-,31-/m0/s1. The zero-order valence-electron chi connectivity index (χ0n) is 24.6. The first kappa shape index (κ1) is 28.6. The molecule has 1 saturated carbocycles. The Balaban J connectivity index is 1.17. The molecular weight excluding hydrogens is 530 g/mol. The topological polar surface area (TPSA) is 89.0 Å². The Morgan fingerprint density at radius 3 is 2.64 bits per heavy atom. The number of hydrogen-bond acceptors (Lipinski definition) is 8. The second-order valence-electron chi connectivity index (χ2n) is 11.9. The zero-order valence-corrected chi connectivity index (χ0v) is 24.6. The van der Waals surface area contributed by atoms with Gasteiger partial charge in [-0.2, -0.15) is 0 Å². The first-order chi connectivity index (χ1) is 20.5. The largest absolute Gasteiger partial charge is 0.493 e. The zero-order chi connectivity index (χ0) is 28.9. The number of ether oxygens (including phenoxy) is 3. The van der Waals surface area contributed by atoms with Crippen molar-refractivity contribution in [3.63, 3.8) is 0 Å². The molecule has 3 aliphatic rings. The van der Waals surface area contributed by atoms with Crippen molar-refractivity contribution in [2.24, 2.45) is 0 Å². The van der Waals surface area contributed by atoms with Gasteiger partial charge in [0.1, 0.15) is 11.6 Å². The van der Waals surface area contributed by atoms with Crippen molar-refractivity contribution in [3.8, 4) is 17.2 Å². The highest BCUT2D eigenvalue weighted by Gasteiger charge is 2.35. The summed E-state index contributed by atoms with van der Waals surface area (Å²) in [5.74, 6) is 3.48. The van der Waals surface area contributed by atoms with Gasteiger partial charge in [0.05, 0.1) is 32.4 Å². The van der Waals surface area contributed by atoms with Crippen LogP contribution in [0.5, 0.6) is 17.2 Å². The van der Waals surface area contributed by atoms with Gasteiger partial charge >= 0.3 is 0 Å². The van der Waals surface area contributed by atoms with Crippen LogP contribution in [0.3, 0.4) is 0 Å². The molecule has 9 heteroatoms. The van der Waals surface area contributed by atoms with Gasteiger partial charge in [-0.15, -0.1) is 0 Å². The molecule has 1 aromatic heterocycles. The molecule has 2 aliphatic heterocycles. The molecule has 0 radical (unpaired) electrons. The monoisotopic (exact) mass is 571 g/mol. The average molecular weight is 572 g/mol. The normalized spacial score (nSPS) is 22.7. The highest BCUT2D eigenvalue weighted by Crippen LogP contribution is 2.34. The number of nitrogens with one attached hydrogen (secondary N) is 1. The van der Waals surface area contributed by atoms with E-state index in [1.807, 2.05) is 66.8 Å². The Morgan fingerprint density at radius 1 is 1.00 bits per heavy atom. The molecule has 0 unspecified atom stereocenters.